The summed E-state index contributed by atoms with van der Waals surface area (Å²) in [5, 5.41) is 3.97. The summed E-state index contributed by atoms with van der Waals surface area (Å²) < 4.78 is 5.69. The van der Waals surface area contributed by atoms with Gasteiger partial charge in [-0.1, -0.05) is 29.3 Å². The van der Waals surface area contributed by atoms with Gasteiger partial charge in [-0.15, -0.1) is 0 Å². The van der Waals surface area contributed by atoms with Crippen molar-refractivity contribution in [3.8, 4) is 5.75 Å². The van der Waals surface area contributed by atoms with E-state index in [1.807, 2.05) is 11.0 Å². The van der Waals surface area contributed by atoms with Crippen molar-refractivity contribution in [2.75, 3.05) is 19.7 Å². The Labute approximate surface area is 128 Å². The van der Waals surface area contributed by atoms with E-state index in [0.29, 0.717) is 22.4 Å². The van der Waals surface area contributed by atoms with Crippen molar-refractivity contribution in [2.24, 2.45) is 0 Å². The minimum atomic E-state index is -0.0737. The molecular weight excluding hydrogens is 299 g/mol. The van der Waals surface area contributed by atoms with Crippen molar-refractivity contribution in [2.45, 2.75) is 25.3 Å². The summed E-state index contributed by atoms with van der Waals surface area (Å²) >= 11 is 12.2. The molecule has 4 nitrogen and oxygen atoms in total. The summed E-state index contributed by atoms with van der Waals surface area (Å²) in [6.07, 6.45) is 2.79. The van der Waals surface area contributed by atoms with Gasteiger partial charge in [-0.25, -0.2) is 4.79 Å². The number of halogens is 2. The van der Waals surface area contributed by atoms with E-state index < -0.39 is 0 Å². The van der Waals surface area contributed by atoms with Crippen LogP contribution in [0.1, 0.15) is 30.9 Å². The molecule has 1 N–H and O–H groups in total. The van der Waals surface area contributed by atoms with Crippen LogP contribution in [0.15, 0.2) is 12.1 Å². The molecule has 2 amide bonds. The Hall–Kier alpha value is -1.13. The second-order valence-electron chi connectivity index (χ2n) is 5.11. The molecule has 0 saturated carbocycles. The average molecular weight is 315 g/mol. The fourth-order valence-electron chi connectivity index (χ4n) is 2.49. The predicted molar refractivity (Wildman–Crippen MR) is 78.7 cm³/mol. The van der Waals surface area contributed by atoms with Gasteiger partial charge in [0, 0.05) is 18.7 Å². The number of carbonyl (C=O) groups is 1. The molecular formula is C14H16Cl2N2O2. The van der Waals surface area contributed by atoms with Crippen LogP contribution in [-0.4, -0.2) is 30.6 Å². The predicted octanol–water partition coefficient (Wildman–Crippen LogP) is 3.62. The molecule has 108 valence electrons. The van der Waals surface area contributed by atoms with Gasteiger partial charge in [0.1, 0.15) is 10.8 Å². The molecule has 6 heteroatoms. The summed E-state index contributed by atoms with van der Waals surface area (Å²) in [5.74, 6) is 0.602. The normalized spacial score (nSPS) is 21.3. The van der Waals surface area contributed by atoms with Crippen LogP contribution in [-0.2, 0) is 0 Å². The molecule has 2 aliphatic heterocycles. The molecule has 1 aromatic rings. The number of amides is 2. The molecule has 0 spiro atoms. The fourth-order valence-corrected chi connectivity index (χ4v) is 2.87. The third kappa shape index (κ3) is 2.54. The number of hydrogen-bond donors (Lipinski definition) is 1. The van der Waals surface area contributed by atoms with Gasteiger partial charge in [-0.2, -0.15) is 0 Å². The Morgan fingerprint density at radius 2 is 2.10 bits per heavy atom. The maximum atomic E-state index is 12.1. The van der Waals surface area contributed by atoms with Crippen LogP contribution in [0.25, 0.3) is 0 Å². The van der Waals surface area contributed by atoms with Crippen LogP contribution in [0.2, 0.25) is 10.0 Å². The standard InChI is InChI=1S/C14H16Cl2N2O2/c15-10-5-4-9-11(17-14(19)18-6-2-7-18)3-1-8-20-13(9)12(10)16/h4-5,11H,1-3,6-8H2,(H,17,19)/t11-/m0/s1. The van der Waals surface area contributed by atoms with Gasteiger partial charge in [-0.05, 0) is 25.3 Å². The number of hydrogen-bond acceptors (Lipinski definition) is 2. The Balaban J connectivity index is 1.85. The summed E-state index contributed by atoms with van der Waals surface area (Å²) in [7, 11) is 0. The maximum Gasteiger partial charge on any atom is 0.317 e. The van der Waals surface area contributed by atoms with Crippen molar-refractivity contribution >= 4 is 29.2 Å². The topological polar surface area (TPSA) is 41.6 Å². The van der Waals surface area contributed by atoms with E-state index in [1.165, 1.54) is 0 Å². The van der Waals surface area contributed by atoms with Crippen LogP contribution < -0.4 is 10.1 Å². The van der Waals surface area contributed by atoms with Crippen molar-refractivity contribution in [3.05, 3.63) is 27.7 Å². The Bertz CT molecular complexity index is 532. The lowest BCUT2D eigenvalue weighted by Gasteiger charge is -2.32. The Morgan fingerprint density at radius 3 is 2.80 bits per heavy atom. The zero-order valence-corrected chi connectivity index (χ0v) is 12.5. The van der Waals surface area contributed by atoms with E-state index in [2.05, 4.69) is 5.32 Å². The Kier molecular flexibility index (Phi) is 3.94. The zero-order chi connectivity index (χ0) is 14.1. The van der Waals surface area contributed by atoms with Crippen LogP contribution in [0, 0.1) is 0 Å². The number of likely N-dealkylation sites (tertiary alicyclic amines) is 1. The van der Waals surface area contributed by atoms with Gasteiger partial charge in [0.05, 0.1) is 17.7 Å². The number of ether oxygens (including phenoxy) is 1. The highest BCUT2D eigenvalue weighted by atomic mass is 35.5. The summed E-state index contributed by atoms with van der Waals surface area (Å²) in [5.41, 5.74) is 0.908. The number of urea groups is 1. The van der Waals surface area contributed by atoms with Crippen molar-refractivity contribution in [1.29, 1.82) is 0 Å². The molecule has 0 aromatic heterocycles. The van der Waals surface area contributed by atoms with Crippen molar-refractivity contribution in [3.63, 3.8) is 0 Å². The van der Waals surface area contributed by atoms with Crippen molar-refractivity contribution in [1.82, 2.24) is 10.2 Å². The van der Waals surface area contributed by atoms with E-state index >= 15 is 0 Å². The quantitative estimate of drug-likeness (QED) is 0.860. The highest BCUT2D eigenvalue weighted by Crippen LogP contribution is 2.40. The molecule has 2 aliphatic rings. The highest BCUT2D eigenvalue weighted by molar-refractivity contribution is 6.43. The SMILES string of the molecule is O=C(N[C@H]1CCCOc2c1ccc(Cl)c2Cl)N1CCC1. The number of nitrogens with one attached hydrogen (secondary N) is 1. The number of nitrogens with zero attached hydrogens (tertiary/aromatic N) is 1. The molecule has 0 unspecified atom stereocenters. The number of rotatable bonds is 1. The monoisotopic (exact) mass is 314 g/mol. The average Bonchev–Trinajstić information content (AvgIpc) is 2.55. The largest absolute Gasteiger partial charge is 0.492 e. The van der Waals surface area contributed by atoms with E-state index in [0.717, 1.165) is 37.9 Å². The van der Waals surface area contributed by atoms with Gasteiger partial charge in [-0.3, -0.25) is 0 Å². The van der Waals surface area contributed by atoms with Crippen LogP contribution in [0.5, 0.6) is 5.75 Å². The molecule has 1 fully saturated rings. The minimum absolute atomic E-state index is 0.0137. The van der Waals surface area contributed by atoms with E-state index in [1.54, 1.807) is 6.07 Å². The molecule has 1 aromatic carbocycles. The summed E-state index contributed by atoms with van der Waals surface area (Å²) in [6, 6.07) is 3.55. The van der Waals surface area contributed by atoms with Crippen LogP contribution >= 0.6 is 23.2 Å². The molecule has 3 rings (SSSR count). The van der Waals surface area contributed by atoms with Gasteiger partial charge in [0.2, 0.25) is 0 Å². The number of fused-ring (bicyclic) bond motifs is 1. The first-order chi connectivity index (χ1) is 9.66. The Morgan fingerprint density at radius 1 is 1.30 bits per heavy atom. The highest BCUT2D eigenvalue weighted by Gasteiger charge is 2.27. The first-order valence-electron chi connectivity index (χ1n) is 6.83. The smallest absolute Gasteiger partial charge is 0.317 e. The van der Waals surface area contributed by atoms with Crippen LogP contribution in [0.4, 0.5) is 4.79 Å². The van der Waals surface area contributed by atoms with E-state index in [4.69, 9.17) is 27.9 Å². The first kappa shape index (κ1) is 13.8. The van der Waals surface area contributed by atoms with Crippen LogP contribution in [0.3, 0.4) is 0 Å². The van der Waals surface area contributed by atoms with Gasteiger partial charge < -0.3 is 15.0 Å². The second-order valence-corrected chi connectivity index (χ2v) is 5.90. The molecule has 0 aliphatic carbocycles. The van der Waals surface area contributed by atoms with E-state index in [9.17, 15) is 4.79 Å². The van der Waals surface area contributed by atoms with E-state index in [-0.39, 0.29) is 12.1 Å². The molecule has 1 saturated heterocycles. The zero-order valence-electron chi connectivity index (χ0n) is 11.0. The number of benzene rings is 1. The third-order valence-electron chi connectivity index (χ3n) is 3.78. The second kappa shape index (κ2) is 5.70. The third-order valence-corrected chi connectivity index (χ3v) is 4.57. The van der Waals surface area contributed by atoms with Gasteiger partial charge in [0.25, 0.3) is 0 Å². The summed E-state index contributed by atoms with van der Waals surface area (Å²) in [4.78, 5) is 13.9. The van der Waals surface area contributed by atoms with Gasteiger partial charge in [0.15, 0.2) is 0 Å². The lowest BCUT2D eigenvalue weighted by Crippen LogP contribution is -2.48. The molecule has 2 heterocycles. The minimum Gasteiger partial charge on any atom is -0.492 e. The molecule has 0 radical (unpaired) electrons. The molecule has 0 bridgehead atoms. The summed E-state index contributed by atoms with van der Waals surface area (Å²) in [6.45, 7) is 2.26. The lowest BCUT2D eigenvalue weighted by molar-refractivity contribution is 0.163. The van der Waals surface area contributed by atoms with Gasteiger partial charge >= 0.3 is 6.03 Å². The number of carbonyl (C=O) groups excluding carboxylic acids is 1. The molecule has 1 atom stereocenters. The maximum absolute atomic E-state index is 12.1. The molecule has 20 heavy (non-hydrogen) atoms. The van der Waals surface area contributed by atoms with Crippen molar-refractivity contribution < 1.29 is 9.53 Å². The lowest BCUT2D eigenvalue weighted by atomic mass is 10.0. The first-order valence-corrected chi connectivity index (χ1v) is 7.58. The fraction of sp³-hybridized carbons (Fsp3) is 0.500.